The van der Waals surface area contributed by atoms with E-state index in [1.54, 1.807) is 12.3 Å². The predicted molar refractivity (Wildman–Crippen MR) is 102 cm³/mol. The average molecular weight is 383 g/mol. The number of aliphatic hydroxyl groups excluding tert-OH is 1. The van der Waals surface area contributed by atoms with Crippen LogP contribution in [0.15, 0.2) is 30.7 Å². The molecule has 0 radical (unpaired) electrons. The number of carbonyl (C=O) groups excluding carboxylic acids is 1. The van der Waals surface area contributed by atoms with Crippen molar-refractivity contribution in [2.45, 2.75) is 25.5 Å². The van der Waals surface area contributed by atoms with E-state index in [4.69, 9.17) is 4.74 Å². The van der Waals surface area contributed by atoms with E-state index < -0.39 is 6.10 Å². The molecule has 0 saturated carbocycles. The highest BCUT2D eigenvalue weighted by molar-refractivity contribution is 5.92. The van der Waals surface area contributed by atoms with Gasteiger partial charge in [0.2, 0.25) is 0 Å². The lowest BCUT2D eigenvalue weighted by Gasteiger charge is -2.29. The largest absolute Gasteiger partial charge is 0.390 e. The first-order chi connectivity index (χ1) is 13.7. The molecule has 28 heavy (non-hydrogen) atoms. The first kappa shape index (κ1) is 18.9. The zero-order chi connectivity index (χ0) is 19.3. The van der Waals surface area contributed by atoms with Crippen molar-refractivity contribution >= 4 is 5.91 Å². The molecule has 4 rings (SSSR count). The third-order valence-electron chi connectivity index (χ3n) is 5.18. The van der Waals surface area contributed by atoms with E-state index in [1.165, 1.54) is 11.9 Å². The Morgan fingerprint density at radius 1 is 1.36 bits per heavy atom. The molecule has 148 valence electrons. The number of rotatable bonds is 7. The monoisotopic (exact) mass is 383 g/mol. The van der Waals surface area contributed by atoms with Crippen LogP contribution in [0.5, 0.6) is 0 Å². The van der Waals surface area contributed by atoms with Crippen molar-refractivity contribution in [3.05, 3.63) is 53.4 Å². The molecule has 0 aliphatic carbocycles. The van der Waals surface area contributed by atoms with Gasteiger partial charge in [-0.05, 0) is 30.5 Å². The van der Waals surface area contributed by atoms with Crippen LogP contribution in [0, 0.1) is 5.92 Å². The van der Waals surface area contributed by atoms with Crippen LogP contribution >= 0.6 is 0 Å². The van der Waals surface area contributed by atoms with E-state index in [0.717, 1.165) is 50.5 Å². The van der Waals surface area contributed by atoms with Crippen LogP contribution in [0.3, 0.4) is 0 Å². The van der Waals surface area contributed by atoms with Crippen molar-refractivity contribution < 1.29 is 14.6 Å². The van der Waals surface area contributed by atoms with Gasteiger partial charge in [0.25, 0.3) is 5.91 Å². The van der Waals surface area contributed by atoms with E-state index >= 15 is 0 Å². The number of ether oxygens (including phenoxy) is 1. The number of aromatic nitrogens is 3. The van der Waals surface area contributed by atoms with Gasteiger partial charge >= 0.3 is 0 Å². The fraction of sp³-hybridized carbons (Fsp3) is 0.500. The Bertz CT molecular complexity index is 827. The lowest BCUT2D eigenvalue weighted by atomic mass is 10.0. The van der Waals surface area contributed by atoms with Crippen molar-refractivity contribution in [2.75, 3.05) is 32.8 Å². The van der Waals surface area contributed by atoms with E-state index in [2.05, 4.69) is 31.2 Å². The van der Waals surface area contributed by atoms with Gasteiger partial charge in [0.15, 0.2) is 0 Å². The van der Waals surface area contributed by atoms with Gasteiger partial charge in [-0.15, -0.1) is 0 Å². The number of hydrogen-bond donors (Lipinski definition) is 2. The lowest BCUT2D eigenvalue weighted by molar-refractivity contribution is -0.0316. The second-order valence-corrected chi connectivity index (χ2v) is 7.46. The van der Waals surface area contributed by atoms with Crippen molar-refractivity contribution in [3.8, 4) is 0 Å². The summed E-state index contributed by atoms with van der Waals surface area (Å²) in [5.74, 6) is 0.176. The van der Waals surface area contributed by atoms with E-state index in [-0.39, 0.29) is 12.5 Å². The van der Waals surface area contributed by atoms with Gasteiger partial charge in [0.05, 0.1) is 25.0 Å². The molecule has 0 bridgehead atoms. The quantitative estimate of drug-likeness (QED) is 0.705. The van der Waals surface area contributed by atoms with E-state index in [0.29, 0.717) is 18.2 Å². The first-order valence-electron chi connectivity index (χ1n) is 9.67. The Balaban J connectivity index is 1.25. The van der Waals surface area contributed by atoms with Gasteiger partial charge < -0.3 is 15.2 Å². The fourth-order valence-corrected chi connectivity index (χ4v) is 3.56. The minimum Gasteiger partial charge on any atom is -0.390 e. The Morgan fingerprint density at radius 3 is 3.07 bits per heavy atom. The summed E-state index contributed by atoms with van der Waals surface area (Å²) < 4.78 is 5.17. The highest BCUT2D eigenvalue weighted by atomic mass is 16.5. The maximum atomic E-state index is 12.4. The van der Waals surface area contributed by atoms with Crippen LogP contribution in [0.2, 0.25) is 0 Å². The van der Waals surface area contributed by atoms with Crippen LogP contribution in [-0.2, 0) is 24.1 Å². The number of β-amino-alcohol motifs (C(OH)–C–C–N with tert-alkyl or cyclic N) is 1. The first-order valence-corrected chi connectivity index (χ1v) is 9.67. The molecule has 2 aliphatic rings. The SMILES string of the molecule is O=C(NC[C@H](O)CN1CCc2cccnc2C1)c1cc(CC2COC2)ncn1. The van der Waals surface area contributed by atoms with Crippen molar-refractivity contribution in [1.82, 2.24) is 25.2 Å². The number of aliphatic hydroxyl groups is 1. The van der Waals surface area contributed by atoms with Crippen LogP contribution in [0.1, 0.15) is 27.4 Å². The number of carbonyl (C=O) groups is 1. The molecular formula is C20H25N5O3. The van der Waals surface area contributed by atoms with Crippen LogP contribution < -0.4 is 5.32 Å². The number of pyridine rings is 1. The third-order valence-corrected chi connectivity index (χ3v) is 5.18. The zero-order valence-corrected chi connectivity index (χ0v) is 15.8. The Morgan fingerprint density at radius 2 is 2.25 bits per heavy atom. The normalized spacial score (nSPS) is 18.2. The Hall–Kier alpha value is -2.42. The van der Waals surface area contributed by atoms with Gasteiger partial charge in [-0.1, -0.05) is 6.07 Å². The van der Waals surface area contributed by atoms with Gasteiger partial charge in [0, 0.05) is 44.0 Å². The molecule has 2 aromatic rings. The van der Waals surface area contributed by atoms with Gasteiger partial charge in [-0.25, -0.2) is 9.97 Å². The van der Waals surface area contributed by atoms with Crippen molar-refractivity contribution in [3.63, 3.8) is 0 Å². The number of amides is 1. The van der Waals surface area contributed by atoms with Gasteiger partial charge in [-0.2, -0.15) is 0 Å². The molecule has 0 aromatic carbocycles. The predicted octanol–water partition coefficient (Wildman–Crippen LogP) is 0.209. The minimum atomic E-state index is -0.650. The van der Waals surface area contributed by atoms with Gasteiger partial charge in [-0.3, -0.25) is 14.7 Å². The molecular weight excluding hydrogens is 358 g/mol. The summed E-state index contributed by atoms with van der Waals surface area (Å²) in [5, 5.41) is 13.1. The molecule has 1 amide bonds. The topological polar surface area (TPSA) is 100 Å². The Kier molecular flexibility index (Phi) is 5.90. The second kappa shape index (κ2) is 8.72. The summed E-state index contributed by atoms with van der Waals surface area (Å²) in [7, 11) is 0. The smallest absolute Gasteiger partial charge is 0.270 e. The highest BCUT2D eigenvalue weighted by Gasteiger charge is 2.21. The summed E-state index contributed by atoms with van der Waals surface area (Å²) in [5.41, 5.74) is 3.51. The molecule has 8 nitrogen and oxygen atoms in total. The number of nitrogens with zero attached hydrogens (tertiary/aromatic N) is 4. The molecule has 1 saturated heterocycles. The maximum Gasteiger partial charge on any atom is 0.270 e. The summed E-state index contributed by atoms with van der Waals surface area (Å²) in [6, 6.07) is 5.77. The van der Waals surface area contributed by atoms with Crippen LogP contribution in [-0.4, -0.2) is 69.8 Å². The lowest BCUT2D eigenvalue weighted by Crippen LogP contribution is -2.42. The summed E-state index contributed by atoms with van der Waals surface area (Å²) >= 11 is 0. The molecule has 1 atom stereocenters. The molecule has 4 heterocycles. The third kappa shape index (κ3) is 4.70. The zero-order valence-electron chi connectivity index (χ0n) is 15.8. The number of hydrogen-bond acceptors (Lipinski definition) is 7. The van der Waals surface area contributed by atoms with E-state index in [9.17, 15) is 9.90 Å². The fourth-order valence-electron chi connectivity index (χ4n) is 3.56. The molecule has 2 N–H and O–H groups in total. The molecule has 0 spiro atoms. The van der Waals surface area contributed by atoms with Crippen molar-refractivity contribution in [1.29, 1.82) is 0 Å². The van der Waals surface area contributed by atoms with Crippen LogP contribution in [0.4, 0.5) is 0 Å². The summed E-state index contributed by atoms with van der Waals surface area (Å²) in [6.45, 7) is 3.76. The molecule has 2 aromatic heterocycles. The standard InChI is InChI=1S/C20H25N5O3/c26-17(9-25-5-3-15-2-1-4-21-19(15)10-25)8-22-20(27)18-7-16(23-13-24-18)6-14-11-28-12-14/h1-2,4,7,13-14,17,26H,3,5-6,8-12H2,(H,22,27)/t17-/m0/s1. The number of nitrogens with one attached hydrogen (secondary N) is 1. The molecule has 1 fully saturated rings. The summed E-state index contributed by atoms with van der Waals surface area (Å²) in [4.78, 5) is 27.2. The maximum absolute atomic E-state index is 12.4. The summed E-state index contributed by atoms with van der Waals surface area (Å²) in [6.07, 6.45) is 4.28. The van der Waals surface area contributed by atoms with Crippen LogP contribution in [0.25, 0.3) is 0 Å². The van der Waals surface area contributed by atoms with Gasteiger partial charge in [0.1, 0.15) is 12.0 Å². The van der Waals surface area contributed by atoms with E-state index in [1.807, 2.05) is 6.07 Å². The molecule has 0 unspecified atom stereocenters. The second-order valence-electron chi connectivity index (χ2n) is 7.46. The molecule has 2 aliphatic heterocycles. The molecule has 8 heteroatoms. The number of fused-ring (bicyclic) bond motifs is 1. The average Bonchev–Trinajstić information content (AvgIpc) is 2.69. The Labute approximate surface area is 164 Å². The highest BCUT2D eigenvalue weighted by Crippen LogP contribution is 2.17. The van der Waals surface area contributed by atoms with Crippen molar-refractivity contribution in [2.24, 2.45) is 5.92 Å². The minimum absolute atomic E-state index is 0.181.